The molecule has 1 amide bonds. The van der Waals surface area contributed by atoms with Crippen LogP contribution in [0.3, 0.4) is 0 Å². The molecule has 1 aliphatic heterocycles. The molecule has 1 fully saturated rings. The van der Waals surface area contributed by atoms with Crippen LogP contribution in [0.25, 0.3) is 10.2 Å². The number of fused-ring (bicyclic) bond motifs is 1. The van der Waals surface area contributed by atoms with E-state index in [1.807, 2.05) is 25.1 Å². The number of rotatable bonds is 6. The zero-order valence-electron chi connectivity index (χ0n) is 15.6. The summed E-state index contributed by atoms with van der Waals surface area (Å²) in [5.74, 6) is 2.29. The lowest BCUT2D eigenvalue weighted by molar-refractivity contribution is 0.0955. The summed E-state index contributed by atoms with van der Waals surface area (Å²) in [6.45, 7) is 6.04. The Morgan fingerprint density at radius 2 is 2.07 bits per heavy atom. The van der Waals surface area contributed by atoms with Gasteiger partial charge in [-0.25, -0.2) is 15.0 Å². The van der Waals surface area contributed by atoms with Crippen molar-refractivity contribution in [3.8, 4) is 0 Å². The van der Waals surface area contributed by atoms with Crippen LogP contribution in [0.5, 0.6) is 0 Å². The highest BCUT2D eigenvalue weighted by atomic mass is 32.1. The first-order chi connectivity index (χ1) is 13.7. The van der Waals surface area contributed by atoms with E-state index in [0.717, 1.165) is 34.9 Å². The van der Waals surface area contributed by atoms with Gasteiger partial charge in [0.25, 0.3) is 5.91 Å². The molecular formula is C19H22N6O2S. The standard InChI is InChI=1S/C19H22N6O2S/c1-13-23-17(11-18(24-13)25-6-8-27-9-7-25)20-4-5-21-19(26)14-2-3-15-16(10-14)28-12-22-15/h2-3,10-12H,4-9H2,1H3,(H,21,26)(H,20,23,24). The summed E-state index contributed by atoms with van der Waals surface area (Å²) in [6, 6.07) is 7.49. The number of morpholine rings is 1. The van der Waals surface area contributed by atoms with Crippen LogP contribution in [0.2, 0.25) is 0 Å². The molecule has 0 atom stereocenters. The summed E-state index contributed by atoms with van der Waals surface area (Å²) >= 11 is 1.53. The second kappa shape index (κ2) is 8.49. The fourth-order valence-electron chi connectivity index (χ4n) is 3.06. The molecule has 2 aromatic heterocycles. The molecule has 1 aliphatic rings. The molecule has 2 N–H and O–H groups in total. The number of nitrogens with zero attached hydrogens (tertiary/aromatic N) is 4. The number of amides is 1. The predicted molar refractivity (Wildman–Crippen MR) is 110 cm³/mol. The first kappa shape index (κ1) is 18.6. The van der Waals surface area contributed by atoms with Crippen molar-refractivity contribution in [2.45, 2.75) is 6.92 Å². The lowest BCUT2D eigenvalue weighted by Gasteiger charge is -2.28. The second-order valence-corrected chi connectivity index (χ2v) is 7.36. The molecule has 0 unspecified atom stereocenters. The Morgan fingerprint density at radius 1 is 1.21 bits per heavy atom. The van der Waals surface area contributed by atoms with Crippen molar-refractivity contribution < 1.29 is 9.53 Å². The Hall–Kier alpha value is -2.78. The summed E-state index contributed by atoms with van der Waals surface area (Å²) in [5, 5.41) is 6.20. The Morgan fingerprint density at radius 3 is 2.93 bits per heavy atom. The smallest absolute Gasteiger partial charge is 0.251 e. The molecule has 28 heavy (non-hydrogen) atoms. The highest BCUT2D eigenvalue weighted by molar-refractivity contribution is 7.16. The average molecular weight is 398 g/mol. The minimum Gasteiger partial charge on any atom is -0.378 e. The zero-order chi connectivity index (χ0) is 19.3. The van der Waals surface area contributed by atoms with E-state index in [4.69, 9.17) is 4.74 Å². The van der Waals surface area contributed by atoms with Crippen molar-refractivity contribution in [3.63, 3.8) is 0 Å². The maximum Gasteiger partial charge on any atom is 0.251 e. The number of aromatic nitrogens is 3. The van der Waals surface area contributed by atoms with E-state index in [1.54, 1.807) is 11.6 Å². The quantitative estimate of drug-likeness (QED) is 0.614. The molecule has 8 nitrogen and oxygen atoms in total. The van der Waals surface area contributed by atoms with Crippen LogP contribution >= 0.6 is 11.3 Å². The number of nitrogens with one attached hydrogen (secondary N) is 2. The lowest BCUT2D eigenvalue weighted by atomic mass is 10.2. The molecule has 0 aliphatic carbocycles. The first-order valence-corrected chi connectivity index (χ1v) is 10.1. The van der Waals surface area contributed by atoms with Crippen molar-refractivity contribution >= 4 is 39.1 Å². The number of thiazole rings is 1. The second-order valence-electron chi connectivity index (χ2n) is 6.48. The van der Waals surface area contributed by atoms with Crippen molar-refractivity contribution in [2.24, 2.45) is 0 Å². The summed E-state index contributed by atoms with van der Waals surface area (Å²) < 4.78 is 6.41. The Balaban J connectivity index is 1.31. The molecular weight excluding hydrogens is 376 g/mol. The molecule has 0 spiro atoms. The van der Waals surface area contributed by atoms with Gasteiger partial charge in [0.05, 0.1) is 28.9 Å². The zero-order valence-corrected chi connectivity index (χ0v) is 16.5. The van der Waals surface area contributed by atoms with Crippen LogP contribution in [-0.2, 0) is 4.74 Å². The van der Waals surface area contributed by atoms with Gasteiger partial charge in [-0.15, -0.1) is 11.3 Å². The molecule has 0 bridgehead atoms. The minimum absolute atomic E-state index is 0.0926. The molecule has 3 heterocycles. The van der Waals surface area contributed by atoms with Crippen LogP contribution in [0, 0.1) is 6.92 Å². The van der Waals surface area contributed by atoms with Crippen LogP contribution in [-0.4, -0.2) is 60.3 Å². The van der Waals surface area contributed by atoms with Crippen LogP contribution in [0.15, 0.2) is 29.8 Å². The van der Waals surface area contributed by atoms with E-state index in [-0.39, 0.29) is 5.91 Å². The summed E-state index contributed by atoms with van der Waals surface area (Å²) in [4.78, 5) is 27.7. The number of aryl methyl sites for hydroxylation is 1. The maximum atomic E-state index is 12.3. The Labute approximate surface area is 167 Å². The minimum atomic E-state index is -0.0926. The van der Waals surface area contributed by atoms with Gasteiger partial charge < -0.3 is 20.3 Å². The van der Waals surface area contributed by atoms with Crippen molar-refractivity contribution in [2.75, 3.05) is 49.6 Å². The predicted octanol–water partition coefficient (Wildman–Crippen LogP) is 2.07. The summed E-state index contributed by atoms with van der Waals surface area (Å²) in [5.41, 5.74) is 3.34. The van der Waals surface area contributed by atoms with Crippen LogP contribution < -0.4 is 15.5 Å². The normalized spacial score (nSPS) is 14.2. The maximum absolute atomic E-state index is 12.3. The monoisotopic (exact) mass is 398 g/mol. The third-order valence-electron chi connectivity index (χ3n) is 4.47. The van der Waals surface area contributed by atoms with Gasteiger partial charge in [-0.3, -0.25) is 4.79 Å². The van der Waals surface area contributed by atoms with E-state index in [0.29, 0.717) is 37.7 Å². The number of carbonyl (C=O) groups is 1. The SMILES string of the molecule is Cc1nc(NCCNC(=O)c2ccc3ncsc3c2)cc(N2CCOCC2)n1. The van der Waals surface area contributed by atoms with E-state index in [2.05, 4.69) is 30.5 Å². The number of hydrogen-bond donors (Lipinski definition) is 2. The van der Waals surface area contributed by atoms with Gasteiger partial charge in [0.15, 0.2) is 0 Å². The van der Waals surface area contributed by atoms with Gasteiger partial charge >= 0.3 is 0 Å². The van der Waals surface area contributed by atoms with E-state index in [9.17, 15) is 4.79 Å². The molecule has 4 rings (SSSR count). The van der Waals surface area contributed by atoms with Gasteiger partial charge in [0.2, 0.25) is 0 Å². The topological polar surface area (TPSA) is 92.3 Å². The van der Waals surface area contributed by atoms with Gasteiger partial charge in [0, 0.05) is 37.8 Å². The van der Waals surface area contributed by atoms with E-state index >= 15 is 0 Å². The molecule has 1 aromatic carbocycles. The molecule has 0 saturated carbocycles. The summed E-state index contributed by atoms with van der Waals surface area (Å²) in [7, 11) is 0. The fourth-order valence-corrected chi connectivity index (χ4v) is 3.78. The van der Waals surface area contributed by atoms with Gasteiger partial charge in [-0.1, -0.05) is 0 Å². The molecule has 9 heteroatoms. The highest BCUT2D eigenvalue weighted by Gasteiger charge is 2.14. The van der Waals surface area contributed by atoms with Crippen molar-refractivity contribution in [1.29, 1.82) is 0 Å². The van der Waals surface area contributed by atoms with Crippen molar-refractivity contribution in [3.05, 3.63) is 41.2 Å². The Bertz CT molecular complexity index is 970. The van der Waals surface area contributed by atoms with E-state index < -0.39 is 0 Å². The van der Waals surface area contributed by atoms with Gasteiger partial charge in [0.1, 0.15) is 17.5 Å². The molecule has 1 saturated heterocycles. The van der Waals surface area contributed by atoms with Crippen molar-refractivity contribution in [1.82, 2.24) is 20.3 Å². The van der Waals surface area contributed by atoms with Gasteiger partial charge in [-0.2, -0.15) is 0 Å². The Kier molecular flexibility index (Phi) is 5.63. The lowest BCUT2D eigenvalue weighted by Crippen LogP contribution is -2.37. The first-order valence-electron chi connectivity index (χ1n) is 9.23. The number of benzene rings is 1. The number of anilines is 2. The third-order valence-corrected chi connectivity index (χ3v) is 5.26. The van der Waals surface area contributed by atoms with Gasteiger partial charge in [-0.05, 0) is 25.1 Å². The van der Waals surface area contributed by atoms with E-state index in [1.165, 1.54) is 11.3 Å². The van der Waals surface area contributed by atoms with Crippen LogP contribution in [0.1, 0.15) is 16.2 Å². The van der Waals surface area contributed by atoms with Crippen LogP contribution in [0.4, 0.5) is 11.6 Å². The molecule has 146 valence electrons. The number of ether oxygens (including phenoxy) is 1. The highest BCUT2D eigenvalue weighted by Crippen LogP contribution is 2.19. The molecule has 3 aromatic rings. The average Bonchev–Trinajstić information content (AvgIpc) is 3.19. The number of hydrogen-bond acceptors (Lipinski definition) is 8. The fraction of sp³-hybridized carbons (Fsp3) is 0.368. The summed E-state index contributed by atoms with van der Waals surface area (Å²) in [6.07, 6.45) is 0. The number of carbonyl (C=O) groups excluding carboxylic acids is 1. The third kappa shape index (κ3) is 4.37. The largest absolute Gasteiger partial charge is 0.378 e. The molecule has 0 radical (unpaired) electrons.